The first-order valence-electron chi connectivity index (χ1n) is 13.1. The summed E-state index contributed by atoms with van der Waals surface area (Å²) in [6.45, 7) is 3.10. The van der Waals surface area contributed by atoms with E-state index in [-0.39, 0.29) is 53.6 Å². The summed E-state index contributed by atoms with van der Waals surface area (Å²) in [6, 6.07) is 12.5. The number of hydrogen-bond acceptors (Lipinski definition) is 4. The molecule has 0 atom stereocenters. The Morgan fingerprint density at radius 1 is 0.892 bits per heavy atom. The fourth-order valence-corrected chi connectivity index (χ4v) is 6.67. The van der Waals surface area contributed by atoms with Crippen LogP contribution in [0.3, 0.4) is 0 Å². The number of amides is 2. The number of carbonyl (C=O) groups is 2. The number of piperidine rings is 1. The van der Waals surface area contributed by atoms with Crippen molar-refractivity contribution in [3.05, 3.63) is 65.5 Å². The summed E-state index contributed by atoms with van der Waals surface area (Å²) in [5, 5.41) is 0. The van der Waals surface area contributed by atoms with Crippen molar-refractivity contribution in [3.63, 3.8) is 0 Å². The molecule has 3 fully saturated rings. The van der Waals surface area contributed by atoms with Crippen molar-refractivity contribution in [1.29, 1.82) is 0 Å². The number of rotatable bonds is 9. The van der Waals surface area contributed by atoms with E-state index >= 15 is 0 Å². The van der Waals surface area contributed by atoms with Gasteiger partial charge in [-0.15, -0.1) is 0 Å². The number of sulfonamides is 1. The maximum Gasteiger partial charge on any atom is 0.243 e. The number of halogens is 1. The molecule has 0 N–H and O–H groups in total. The fourth-order valence-electron chi connectivity index (χ4n) is 5.04. The van der Waals surface area contributed by atoms with Crippen LogP contribution >= 0.6 is 0 Å². The van der Waals surface area contributed by atoms with Gasteiger partial charge in [0.25, 0.3) is 0 Å². The molecule has 0 spiro atoms. The number of aryl methyl sites for hydroxylation is 1. The van der Waals surface area contributed by atoms with Crippen molar-refractivity contribution in [1.82, 2.24) is 14.1 Å². The van der Waals surface area contributed by atoms with E-state index in [0.717, 1.165) is 36.8 Å². The molecule has 1 saturated heterocycles. The van der Waals surface area contributed by atoms with Crippen LogP contribution in [0.25, 0.3) is 0 Å². The highest BCUT2D eigenvalue weighted by molar-refractivity contribution is 7.89. The predicted molar refractivity (Wildman–Crippen MR) is 137 cm³/mol. The number of likely N-dealkylation sites (tertiary alicyclic amines) is 1. The molecule has 37 heavy (non-hydrogen) atoms. The lowest BCUT2D eigenvalue weighted by molar-refractivity contribution is -0.138. The van der Waals surface area contributed by atoms with Crippen LogP contribution in [0.2, 0.25) is 0 Å². The normalized spacial score (nSPS) is 18.7. The van der Waals surface area contributed by atoms with E-state index in [4.69, 9.17) is 0 Å². The van der Waals surface area contributed by atoms with E-state index < -0.39 is 10.0 Å². The smallest absolute Gasteiger partial charge is 0.243 e. The van der Waals surface area contributed by atoms with Crippen molar-refractivity contribution >= 4 is 21.8 Å². The molecule has 0 radical (unpaired) electrons. The zero-order chi connectivity index (χ0) is 26.2. The zero-order valence-electron chi connectivity index (χ0n) is 21.2. The van der Waals surface area contributed by atoms with Gasteiger partial charge in [0, 0.05) is 37.6 Å². The SMILES string of the molecule is Cc1ccc(S(=O)(=O)N(CC(=O)N(Cc2ccc(F)cc2)C2CCN(C(=O)C3CC3)CC2)C2CC2)cc1. The topological polar surface area (TPSA) is 78.0 Å². The number of nitrogens with zero attached hydrogens (tertiary/aromatic N) is 3. The summed E-state index contributed by atoms with van der Waals surface area (Å²) < 4.78 is 41.9. The first kappa shape index (κ1) is 25.9. The van der Waals surface area contributed by atoms with Crippen molar-refractivity contribution < 1.29 is 22.4 Å². The van der Waals surface area contributed by atoms with Crippen LogP contribution in [0.4, 0.5) is 4.39 Å². The van der Waals surface area contributed by atoms with E-state index in [2.05, 4.69) is 0 Å². The van der Waals surface area contributed by atoms with E-state index in [1.54, 1.807) is 41.3 Å². The molecule has 198 valence electrons. The Kier molecular flexibility index (Phi) is 7.36. The third-order valence-electron chi connectivity index (χ3n) is 7.60. The second-order valence-electron chi connectivity index (χ2n) is 10.6. The van der Waals surface area contributed by atoms with Gasteiger partial charge in [0.1, 0.15) is 5.82 Å². The number of benzene rings is 2. The van der Waals surface area contributed by atoms with Crippen molar-refractivity contribution in [2.45, 2.75) is 69.0 Å². The molecule has 0 aromatic heterocycles. The lowest BCUT2D eigenvalue weighted by Crippen LogP contribution is -2.51. The zero-order valence-corrected chi connectivity index (χ0v) is 22.0. The lowest BCUT2D eigenvalue weighted by atomic mass is 10.0. The van der Waals surface area contributed by atoms with E-state index in [1.165, 1.54) is 16.4 Å². The van der Waals surface area contributed by atoms with Crippen LogP contribution in [0.1, 0.15) is 49.7 Å². The van der Waals surface area contributed by atoms with Gasteiger partial charge in [-0.25, -0.2) is 12.8 Å². The van der Waals surface area contributed by atoms with E-state index in [1.807, 2.05) is 11.8 Å². The third-order valence-corrected chi connectivity index (χ3v) is 9.52. The molecule has 9 heteroatoms. The van der Waals surface area contributed by atoms with Gasteiger partial charge in [-0.1, -0.05) is 29.8 Å². The Hall–Kier alpha value is -2.78. The van der Waals surface area contributed by atoms with Gasteiger partial charge in [-0.2, -0.15) is 4.31 Å². The monoisotopic (exact) mass is 527 g/mol. The highest BCUT2D eigenvalue weighted by Crippen LogP contribution is 2.34. The van der Waals surface area contributed by atoms with Crippen LogP contribution in [-0.4, -0.2) is 66.1 Å². The minimum Gasteiger partial charge on any atom is -0.342 e. The predicted octanol–water partition coefficient (Wildman–Crippen LogP) is 3.72. The largest absolute Gasteiger partial charge is 0.342 e. The van der Waals surface area contributed by atoms with Gasteiger partial charge in [0.15, 0.2) is 0 Å². The molecule has 1 heterocycles. The minimum atomic E-state index is -3.83. The summed E-state index contributed by atoms with van der Waals surface area (Å²) in [6.07, 6.45) is 4.66. The van der Waals surface area contributed by atoms with Gasteiger partial charge in [0.05, 0.1) is 11.4 Å². The molecule has 7 nitrogen and oxygen atoms in total. The molecule has 5 rings (SSSR count). The second kappa shape index (κ2) is 10.5. The molecule has 2 amide bonds. The molecule has 0 bridgehead atoms. The van der Waals surface area contributed by atoms with Crippen LogP contribution < -0.4 is 0 Å². The Bertz CT molecular complexity index is 1230. The van der Waals surface area contributed by atoms with Crippen LogP contribution in [-0.2, 0) is 26.2 Å². The average Bonchev–Trinajstić information content (AvgIpc) is 3.81. The first-order valence-corrected chi connectivity index (χ1v) is 14.6. The number of carbonyl (C=O) groups excluding carboxylic acids is 2. The Morgan fingerprint density at radius 2 is 1.51 bits per heavy atom. The summed E-state index contributed by atoms with van der Waals surface area (Å²) in [5.41, 5.74) is 1.75. The van der Waals surface area contributed by atoms with Crippen molar-refractivity contribution in [2.24, 2.45) is 5.92 Å². The average molecular weight is 528 g/mol. The van der Waals surface area contributed by atoms with Gasteiger partial charge < -0.3 is 9.80 Å². The third kappa shape index (κ3) is 6.04. The maximum atomic E-state index is 13.8. The molecule has 2 aliphatic carbocycles. The van der Waals surface area contributed by atoms with Gasteiger partial charge in [-0.05, 0) is 75.3 Å². The molecule has 2 aromatic rings. The Labute approximate surface area is 218 Å². The first-order chi connectivity index (χ1) is 17.7. The summed E-state index contributed by atoms with van der Waals surface area (Å²) in [4.78, 5) is 30.1. The van der Waals surface area contributed by atoms with Crippen LogP contribution in [0, 0.1) is 18.7 Å². The number of hydrogen-bond donors (Lipinski definition) is 0. The summed E-state index contributed by atoms with van der Waals surface area (Å²) >= 11 is 0. The molecule has 0 unspecified atom stereocenters. The molecule has 1 aliphatic heterocycles. The van der Waals surface area contributed by atoms with Crippen molar-refractivity contribution in [2.75, 3.05) is 19.6 Å². The molecule has 2 saturated carbocycles. The van der Waals surface area contributed by atoms with Crippen molar-refractivity contribution in [3.8, 4) is 0 Å². The maximum absolute atomic E-state index is 13.8. The molecule has 3 aliphatic rings. The Morgan fingerprint density at radius 3 is 2.08 bits per heavy atom. The highest BCUT2D eigenvalue weighted by Gasteiger charge is 2.41. The molecular weight excluding hydrogens is 493 g/mol. The van der Waals surface area contributed by atoms with E-state index in [0.29, 0.717) is 25.9 Å². The second-order valence-corrected chi connectivity index (χ2v) is 12.5. The Balaban J connectivity index is 1.35. The lowest BCUT2D eigenvalue weighted by Gasteiger charge is -2.39. The van der Waals surface area contributed by atoms with Crippen LogP contribution in [0.15, 0.2) is 53.4 Å². The summed E-state index contributed by atoms with van der Waals surface area (Å²) in [7, 11) is -3.83. The highest BCUT2D eigenvalue weighted by atomic mass is 32.2. The van der Waals surface area contributed by atoms with Gasteiger partial charge in [0.2, 0.25) is 21.8 Å². The molecule has 2 aromatic carbocycles. The molecular formula is C28H34FN3O4S. The standard InChI is InChI=1S/C28H34FN3O4S/c1-20-2-12-26(13-3-20)37(35,36)32(25-10-11-25)19-27(33)31(18-21-4-8-23(29)9-5-21)24-14-16-30(17-15-24)28(34)22-6-7-22/h2-5,8-9,12-13,22,24-25H,6-7,10-11,14-19H2,1H3. The summed E-state index contributed by atoms with van der Waals surface area (Å²) in [5.74, 6) is -0.247. The van der Waals surface area contributed by atoms with Gasteiger partial charge in [-0.3, -0.25) is 9.59 Å². The minimum absolute atomic E-state index is 0.121. The van der Waals surface area contributed by atoms with Crippen LogP contribution in [0.5, 0.6) is 0 Å². The fraction of sp³-hybridized carbons (Fsp3) is 0.500. The quantitative estimate of drug-likeness (QED) is 0.498. The van der Waals surface area contributed by atoms with E-state index in [9.17, 15) is 22.4 Å². The van der Waals surface area contributed by atoms with Gasteiger partial charge >= 0.3 is 0 Å².